The van der Waals surface area contributed by atoms with Gasteiger partial charge in [-0.25, -0.2) is 4.79 Å². The van der Waals surface area contributed by atoms with E-state index in [9.17, 15) is 14.4 Å². The van der Waals surface area contributed by atoms with E-state index in [1.165, 1.54) is 28.6 Å². The van der Waals surface area contributed by atoms with Gasteiger partial charge in [0.25, 0.3) is 5.56 Å². The summed E-state index contributed by atoms with van der Waals surface area (Å²) in [4.78, 5) is 45.5. The molecule has 1 amide bonds. The molecule has 3 N–H and O–H groups in total. The lowest BCUT2D eigenvalue weighted by Crippen LogP contribution is -3.14. The van der Waals surface area contributed by atoms with E-state index in [4.69, 9.17) is 0 Å². The number of H-pyrrole nitrogens is 2. The number of aromatic amines is 2. The highest BCUT2D eigenvalue weighted by Gasteiger charge is 2.34. The van der Waals surface area contributed by atoms with Crippen molar-refractivity contribution in [3.05, 3.63) is 68.0 Å². The Hall–Kier alpha value is -2.67. The number of carbonyl (C=O) groups excluding carboxylic acids is 1. The number of amides is 1. The summed E-state index contributed by atoms with van der Waals surface area (Å²) in [5, 5.41) is 0. The number of quaternary nitrogens is 1. The van der Waals surface area contributed by atoms with Gasteiger partial charge in [0.05, 0.1) is 31.7 Å². The molecule has 160 valence electrons. The number of carbonyl (C=O) groups is 1. The molecule has 3 atom stereocenters. The van der Waals surface area contributed by atoms with Crippen molar-refractivity contribution >= 4 is 5.91 Å². The van der Waals surface area contributed by atoms with Crippen LogP contribution in [0, 0.1) is 5.92 Å². The summed E-state index contributed by atoms with van der Waals surface area (Å²) in [7, 11) is 0. The van der Waals surface area contributed by atoms with E-state index in [1.54, 1.807) is 0 Å². The average Bonchev–Trinajstić information content (AvgIpc) is 3.21. The maximum atomic E-state index is 13.6. The van der Waals surface area contributed by atoms with Gasteiger partial charge in [0, 0.05) is 25.0 Å². The quantitative estimate of drug-likeness (QED) is 0.637. The first kappa shape index (κ1) is 20.6. The molecule has 30 heavy (non-hydrogen) atoms. The van der Waals surface area contributed by atoms with Crippen LogP contribution in [0.5, 0.6) is 0 Å². The van der Waals surface area contributed by atoms with Crippen LogP contribution in [0.4, 0.5) is 0 Å². The fourth-order valence-corrected chi connectivity index (χ4v) is 5.10. The number of benzene rings is 1. The molecule has 0 bridgehead atoms. The number of fused-ring (bicyclic) bond motifs is 1. The lowest BCUT2D eigenvalue weighted by Gasteiger charge is -2.32. The Balaban J connectivity index is 1.56. The van der Waals surface area contributed by atoms with Crippen molar-refractivity contribution in [3.8, 4) is 0 Å². The lowest BCUT2D eigenvalue weighted by molar-refractivity contribution is -0.909. The minimum Gasteiger partial charge on any atom is -0.332 e. The molecule has 0 radical (unpaired) electrons. The highest BCUT2D eigenvalue weighted by molar-refractivity contribution is 5.79. The summed E-state index contributed by atoms with van der Waals surface area (Å²) in [5.41, 5.74) is 2.07. The second-order valence-electron chi connectivity index (χ2n) is 8.63. The summed E-state index contributed by atoms with van der Waals surface area (Å²) >= 11 is 0. The number of rotatable bonds is 6. The number of nitrogens with one attached hydrogen (secondary N) is 3. The van der Waals surface area contributed by atoms with E-state index < -0.39 is 11.2 Å². The van der Waals surface area contributed by atoms with Crippen LogP contribution in [0.1, 0.15) is 42.9 Å². The van der Waals surface area contributed by atoms with Crippen LogP contribution in [-0.2, 0) is 24.2 Å². The molecule has 1 unspecified atom stereocenters. The Bertz CT molecular complexity index is 1010. The molecule has 1 aromatic heterocycles. The van der Waals surface area contributed by atoms with Crippen LogP contribution in [0.15, 0.2) is 40.1 Å². The molecule has 4 rings (SSSR count). The Labute approximate surface area is 176 Å². The first-order chi connectivity index (χ1) is 14.5. The summed E-state index contributed by atoms with van der Waals surface area (Å²) in [6.07, 6.45) is 6.21. The summed E-state index contributed by atoms with van der Waals surface area (Å²) in [6, 6.07) is 8.75. The van der Waals surface area contributed by atoms with E-state index >= 15 is 0 Å². The fraction of sp³-hybridized carbons (Fsp3) is 0.522. The number of hydrogen-bond donors (Lipinski definition) is 3. The number of aryl methyl sites for hydroxylation is 1. The molecule has 0 saturated carbocycles. The van der Waals surface area contributed by atoms with Crippen molar-refractivity contribution in [2.24, 2.45) is 5.92 Å². The molecule has 7 nitrogen and oxygen atoms in total. The zero-order valence-corrected chi connectivity index (χ0v) is 17.6. The third-order valence-electron chi connectivity index (χ3n) is 6.79. The van der Waals surface area contributed by atoms with E-state index in [1.807, 2.05) is 11.0 Å². The van der Waals surface area contributed by atoms with Crippen molar-refractivity contribution in [1.29, 1.82) is 0 Å². The van der Waals surface area contributed by atoms with Crippen molar-refractivity contribution in [2.45, 2.75) is 51.6 Å². The topological polar surface area (TPSA) is 90.5 Å². The number of aromatic nitrogens is 2. The van der Waals surface area contributed by atoms with Gasteiger partial charge >= 0.3 is 5.69 Å². The molecular formula is C23H31N4O3+. The van der Waals surface area contributed by atoms with Crippen molar-refractivity contribution in [2.75, 3.05) is 19.6 Å². The first-order valence-corrected chi connectivity index (χ1v) is 11.1. The second kappa shape index (κ2) is 9.00. The maximum Gasteiger partial charge on any atom is 0.325 e. The van der Waals surface area contributed by atoms with E-state index in [0.29, 0.717) is 18.2 Å². The Kier molecular flexibility index (Phi) is 6.18. The van der Waals surface area contributed by atoms with Gasteiger partial charge in [0.15, 0.2) is 0 Å². The van der Waals surface area contributed by atoms with E-state index in [-0.39, 0.29) is 18.4 Å². The third kappa shape index (κ3) is 4.41. The smallest absolute Gasteiger partial charge is 0.325 e. The van der Waals surface area contributed by atoms with E-state index in [0.717, 1.165) is 38.8 Å². The molecule has 1 aliphatic heterocycles. The molecule has 2 aliphatic rings. The highest BCUT2D eigenvalue weighted by atomic mass is 16.2. The summed E-state index contributed by atoms with van der Waals surface area (Å²) < 4.78 is 0. The molecule has 2 heterocycles. The number of likely N-dealkylation sites (N-methyl/N-ethyl adjacent to an activating group) is 1. The van der Waals surface area contributed by atoms with Gasteiger partial charge in [-0.15, -0.1) is 0 Å². The molecule has 1 aromatic carbocycles. The maximum absolute atomic E-state index is 13.6. The van der Waals surface area contributed by atoms with Crippen LogP contribution in [0.3, 0.4) is 0 Å². The zero-order chi connectivity index (χ0) is 21.1. The first-order valence-electron chi connectivity index (χ1n) is 11.1. The number of hydrogen-bond acceptors (Lipinski definition) is 3. The van der Waals surface area contributed by atoms with Crippen LogP contribution in [-0.4, -0.2) is 46.5 Å². The van der Waals surface area contributed by atoms with E-state index in [2.05, 4.69) is 35.1 Å². The molecule has 1 fully saturated rings. The fourth-order valence-electron chi connectivity index (χ4n) is 5.10. The van der Waals surface area contributed by atoms with Gasteiger partial charge < -0.3 is 14.8 Å². The van der Waals surface area contributed by atoms with Gasteiger partial charge in [0.2, 0.25) is 5.91 Å². The zero-order valence-electron chi connectivity index (χ0n) is 17.6. The van der Waals surface area contributed by atoms with Crippen molar-refractivity contribution in [3.63, 3.8) is 0 Å². The number of nitrogens with zero attached hydrogens (tertiary/aromatic N) is 1. The van der Waals surface area contributed by atoms with Crippen molar-refractivity contribution in [1.82, 2.24) is 14.9 Å². The van der Waals surface area contributed by atoms with Crippen LogP contribution in [0.25, 0.3) is 0 Å². The van der Waals surface area contributed by atoms with Crippen molar-refractivity contribution < 1.29 is 9.69 Å². The molecule has 7 heteroatoms. The predicted molar refractivity (Wildman–Crippen MR) is 114 cm³/mol. The Morgan fingerprint density at radius 2 is 2.00 bits per heavy atom. The van der Waals surface area contributed by atoms with Crippen LogP contribution < -0.4 is 16.1 Å². The minimum absolute atomic E-state index is 0.0618. The van der Waals surface area contributed by atoms with Gasteiger partial charge in [-0.3, -0.25) is 14.6 Å². The van der Waals surface area contributed by atoms with Gasteiger partial charge in [0.1, 0.15) is 6.04 Å². The molecule has 2 aromatic rings. The second-order valence-corrected chi connectivity index (χ2v) is 8.63. The minimum atomic E-state index is -0.525. The summed E-state index contributed by atoms with van der Waals surface area (Å²) in [6.45, 7) is 5.25. The SMILES string of the molecule is CC[NH+]1CCC[C@H]1CN(Cc1c[nH]c(=O)[nH]c1=O)C(=O)[C@@H]1CCc2ccccc2C1. The van der Waals surface area contributed by atoms with Gasteiger partial charge in [-0.05, 0) is 37.3 Å². The summed E-state index contributed by atoms with van der Waals surface area (Å²) in [5.74, 6) is 0.0608. The molecule has 1 aliphatic carbocycles. The molecule has 0 spiro atoms. The third-order valence-corrected chi connectivity index (χ3v) is 6.79. The Morgan fingerprint density at radius 1 is 1.20 bits per heavy atom. The predicted octanol–water partition coefficient (Wildman–Crippen LogP) is 0.264. The molecular weight excluding hydrogens is 380 g/mol. The van der Waals surface area contributed by atoms with Crippen LogP contribution in [0.2, 0.25) is 0 Å². The largest absolute Gasteiger partial charge is 0.332 e. The normalized spacial score (nSPS) is 23.2. The van der Waals surface area contributed by atoms with Gasteiger partial charge in [-0.1, -0.05) is 24.3 Å². The Morgan fingerprint density at radius 3 is 2.77 bits per heavy atom. The highest BCUT2D eigenvalue weighted by Crippen LogP contribution is 2.27. The number of likely N-dealkylation sites (tertiary alicyclic amines) is 1. The lowest BCUT2D eigenvalue weighted by atomic mass is 9.83. The monoisotopic (exact) mass is 411 g/mol. The van der Waals surface area contributed by atoms with Gasteiger partial charge in [-0.2, -0.15) is 0 Å². The molecule has 1 saturated heterocycles. The standard InChI is InChI=1S/C23H30N4O3/c1-2-26-11-5-8-20(26)15-27(14-19-13-24-23(30)25-21(19)28)22(29)18-10-9-16-6-3-4-7-17(16)12-18/h3-4,6-7,13,18,20H,2,5,8-12,14-15H2,1H3,(H2,24,25,28,30)/p+1/t18-,20+/m1/s1. The average molecular weight is 412 g/mol. The van der Waals surface area contributed by atoms with Crippen LogP contribution >= 0.6 is 0 Å².